The summed E-state index contributed by atoms with van der Waals surface area (Å²) in [6.45, 7) is 5.18. The van der Waals surface area contributed by atoms with Gasteiger partial charge in [-0.1, -0.05) is 36.9 Å². The Bertz CT molecular complexity index is 1330. The van der Waals surface area contributed by atoms with Gasteiger partial charge in [-0.25, -0.2) is 4.98 Å². The van der Waals surface area contributed by atoms with E-state index in [0.717, 1.165) is 22.7 Å². The van der Waals surface area contributed by atoms with Gasteiger partial charge in [-0.05, 0) is 25.1 Å². The Kier molecular flexibility index (Phi) is 7.71. The van der Waals surface area contributed by atoms with Crippen LogP contribution in [-0.2, 0) is 14.4 Å². The molecule has 0 spiro atoms. The maximum absolute atomic E-state index is 13.2. The summed E-state index contributed by atoms with van der Waals surface area (Å²) >= 11 is 0. The van der Waals surface area contributed by atoms with Crippen molar-refractivity contribution in [3.8, 4) is 22.8 Å². The molecule has 4 rings (SSSR count). The van der Waals surface area contributed by atoms with Crippen molar-refractivity contribution in [2.75, 3.05) is 20.7 Å². The van der Waals surface area contributed by atoms with Gasteiger partial charge < -0.3 is 25.0 Å². The highest BCUT2D eigenvalue weighted by atomic mass is 16.5. The second kappa shape index (κ2) is 11.1. The summed E-state index contributed by atoms with van der Waals surface area (Å²) in [6, 6.07) is 15.6. The number of hydrogen-bond acceptors (Lipinski definition) is 6. The van der Waals surface area contributed by atoms with E-state index >= 15 is 0 Å². The molecule has 3 aromatic rings. The van der Waals surface area contributed by atoms with E-state index in [-0.39, 0.29) is 18.4 Å². The van der Waals surface area contributed by atoms with Crippen LogP contribution in [0.15, 0.2) is 67.3 Å². The van der Waals surface area contributed by atoms with E-state index in [2.05, 4.69) is 17.2 Å². The molecule has 9 nitrogen and oxygen atoms in total. The molecule has 1 aromatic heterocycles. The molecule has 2 aromatic carbocycles. The van der Waals surface area contributed by atoms with Crippen molar-refractivity contribution in [3.05, 3.63) is 67.3 Å². The van der Waals surface area contributed by atoms with Gasteiger partial charge in [0.05, 0.1) is 24.9 Å². The first-order chi connectivity index (χ1) is 17.8. The minimum absolute atomic E-state index is 0.186. The van der Waals surface area contributed by atoms with Crippen molar-refractivity contribution in [3.63, 3.8) is 0 Å². The number of hydrogen-bond donors (Lipinski definition) is 2. The highest BCUT2D eigenvalue weighted by Gasteiger charge is 2.42. The number of methoxy groups -OCH3 is 1. The normalized spacial score (nSPS) is 17.6. The zero-order valence-corrected chi connectivity index (χ0v) is 21.1. The summed E-state index contributed by atoms with van der Waals surface area (Å²) in [7, 11) is 3.12. The van der Waals surface area contributed by atoms with Crippen LogP contribution in [0, 0.1) is 0 Å². The molecule has 1 aliphatic heterocycles. The van der Waals surface area contributed by atoms with Crippen LogP contribution in [0.3, 0.4) is 0 Å². The number of likely N-dealkylation sites (tertiary alicyclic amines) is 1. The number of benzene rings is 2. The number of rotatable bonds is 8. The van der Waals surface area contributed by atoms with Crippen molar-refractivity contribution in [1.82, 2.24) is 20.5 Å². The lowest BCUT2D eigenvalue weighted by Gasteiger charge is -2.26. The molecule has 1 aliphatic rings. The van der Waals surface area contributed by atoms with E-state index in [9.17, 15) is 14.4 Å². The molecule has 9 heteroatoms. The summed E-state index contributed by atoms with van der Waals surface area (Å²) in [5.41, 5.74) is 2.35. The SMILES string of the molecule is C=CC(=O)N[C@H](C)C(=O)N1C[C@H](Oc2cc(-c3ccccc3)nc3cc(OC)ccc23)C[C@H]1C(=O)NC. The van der Waals surface area contributed by atoms with E-state index in [1.54, 1.807) is 14.0 Å². The number of carbonyl (C=O) groups is 3. The molecule has 2 heterocycles. The number of nitrogens with one attached hydrogen (secondary N) is 2. The van der Waals surface area contributed by atoms with Crippen LogP contribution in [0.4, 0.5) is 0 Å². The second-order valence-corrected chi connectivity index (χ2v) is 8.79. The van der Waals surface area contributed by atoms with Gasteiger partial charge in [0, 0.05) is 36.6 Å². The molecule has 0 aliphatic carbocycles. The zero-order chi connectivity index (χ0) is 26.5. The molecule has 2 N–H and O–H groups in total. The number of likely N-dealkylation sites (N-methyl/N-ethyl adjacent to an activating group) is 1. The quantitative estimate of drug-likeness (QED) is 0.459. The van der Waals surface area contributed by atoms with Crippen LogP contribution in [0.1, 0.15) is 13.3 Å². The maximum atomic E-state index is 13.2. The fraction of sp³-hybridized carbons (Fsp3) is 0.286. The van der Waals surface area contributed by atoms with Crippen molar-refractivity contribution in [2.45, 2.75) is 31.5 Å². The van der Waals surface area contributed by atoms with Gasteiger partial charge in [0.15, 0.2) is 0 Å². The van der Waals surface area contributed by atoms with Crippen LogP contribution in [0.25, 0.3) is 22.2 Å². The van der Waals surface area contributed by atoms with Crippen LogP contribution in [0.2, 0.25) is 0 Å². The van der Waals surface area contributed by atoms with Crippen molar-refractivity contribution < 1.29 is 23.9 Å². The first kappa shape index (κ1) is 25.7. The Morgan fingerprint density at radius 3 is 2.59 bits per heavy atom. The molecule has 0 unspecified atom stereocenters. The van der Waals surface area contributed by atoms with Gasteiger partial charge in [-0.15, -0.1) is 0 Å². The number of ether oxygens (including phenoxy) is 2. The predicted molar refractivity (Wildman–Crippen MR) is 140 cm³/mol. The average Bonchev–Trinajstić information content (AvgIpc) is 3.35. The first-order valence-corrected chi connectivity index (χ1v) is 12.0. The summed E-state index contributed by atoms with van der Waals surface area (Å²) in [5.74, 6) is 0.134. The van der Waals surface area contributed by atoms with E-state index in [1.807, 2.05) is 54.6 Å². The number of nitrogens with zero attached hydrogens (tertiary/aromatic N) is 2. The molecular weight excluding hydrogens is 472 g/mol. The molecular formula is C28H30N4O5. The number of carbonyl (C=O) groups excluding carboxylic acids is 3. The first-order valence-electron chi connectivity index (χ1n) is 12.0. The van der Waals surface area contributed by atoms with Crippen LogP contribution >= 0.6 is 0 Å². The smallest absolute Gasteiger partial charge is 0.245 e. The maximum Gasteiger partial charge on any atom is 0.245 e. The Labute approximate surface area is 215 Å². The van der Waals surface area contributed by atoms with E-state index in [0.29, 0.717) is 23.4 Å². The minimum atomic E-state index is -0.824. The third-order valence-electron chi connectivity index (χ3n) is 6.35. The number of amides is 3. The Hall–Kier alpha value is -4.40. The lowest BCUT2D eigenvalue weighted by Crippen LogP contribution is -2.52. The third-order valence-corrected chi connectivity index (χ3v) is 6.35. The fourth-order valence-corrected chi connectivity index (χ4v) is 4.46. The van der Waals surface area contributed by atoms with E-state index in [1.165, 1.54) is 11.9 Å². The lowest BCUT2D eigenvalue weighted by atomic mass is 10.1. The Balaban J connectivity index is 1.66. The number of fused-ring (bicyclic) bond motifs is 1. The fourth-order valence-electron chi connectivity index (χ4n) is 4.46. The Morgan fingerprint density at radius 2 is 1.92 bits per heavy atom. The summed E-state index contributed by atoms with van der Waals surface area (Å²) in [5, 5.41) is 5.98. The number of pyridine rings is 1. The molecule has 0 saturated carbocycles. The van der Waals surface area contributed by atoms with Gasteiger partial charge in [0.25, 0.3) is 0 Å². The largest absolute Gasteiger partial charge is 0.497 e. The molecule has 3 amide bonds. The van der Waals surface area contributed by atoms with Crippen molar-refractivity contribution >= 4 is 28.6 Å². The van der Waals surface area contributed by atoms with Gasteiger partial charge in [-0.3, -0.25) is 14.4 Å². The molecule has 0 bridgehead atoms. The molecule has 1 saturated heterocycles. The summed E-state index contributed by atoms with van der Waals surface area (Å²) in [6.07, 6.45) is 0.947. The van der Waals surface area contributed by atoms with Crippen molar-refractivity contribution in [2.24, 2.45) is 0 Å². The van der Waals surface area contributed by atoms with Crippen LogP contribution < -0.4 is 20.1 Å². The standard InChI is InChI=1S/C28H30N4O5/c1-5-26(33)30-17(2)28(35)32-16-20(14-24(32)27(34)29-3)37-25-15-22(18-9-7-6-8-10-18)31-23-13-19(36-4)11-12-21(23)25/h5-13,15,17,20,24H,1,14,16H2,2-4H3,(H,29,34)(H,30,33)/t17-,20-,24+/m1/s1. The predicted octanol–water partition coefficient (Wildman–Crippen LogP) is 2.70. The third kappa shape index (κ3) is 5.55. The van der Waals surface area contributed by atoms with Crippen LogP contribution in [-0.4, -0.2) is 66.5 Å². The molecule has 1 fully saturated rings. The lowest BCUT2D eigenvalue weighted by molar-refractivity contribution is -0.140. The topological polar surface area (TPSA) is 110 Å². The van der Waals surface area contributed by atoms with E-state index in [4.69, 9.17) is 14.5 Å². The molecule has 37 heavy (non-hydrogen) atoms. The highest BCUT2D eigenvalue weighted by Crippen LogP contribution is 2.34. The van der Waals surface area contributed by atoms with Gasteiger partial charge in [0.1, 0.15) is 29.7 Å². The molecule has 0 radical (unpaired) electrons. The summed E-state index contributed by atoms with van der Waals surface area (Å²) in [4.78, 5) is 43.8. The highest BCUT2D eigenvalue weighted by molar-refractivity contribution is 5.95. The Morgan fingerprint density at radius 1 is 1.16 bits per heavy atom. The van der Waals surface area contributed by atoms with Gasteiger partial charge >= 0.3 is 0 Å². The molecule has 192 valence electrons. The van der Waals surface area contributed by atoms with Crippen LogP contribution in [0.5, 0.6) is 11.5 Å². The molecule has 3 atom stereocenters. The summed E-state index contributed by atoms with van der Waals surface area (Å²) < 4.78 is 11.8. The minimum Gasteiger partial charge on any atom is -0.497 e. The second-order valence-electron chi connectivity index (χ2n) is 8.79. The van der Waals surface area contributed by atoms with E-state index < -0.39 is 24.1 Å². The van der Waals surface area contributed by atoms with Gasteiger partial charge in [-0.2, -0.15) is 0 Å². The van der Waals surface area contributed by atoms with Crippen molar-refractivity contribution in [1.29, 1.82) is 0 Å². The monoisotopic (exact) mass is 502 g/mol. The average molecular weight is 503 g/mol. The van der Waals surface area contributed by atoms with Gasteiger partial charge in [0.2, 0.25) is 17.7 Å². The zero-order valence-electron chi connectivity index (χ0n) is 21.1. The number of aromatic nitrogens is 1.